The van der Waals surface area contributed by atoms with Gasteiger partial charge in [0.25, 0.3) is 0 Å². The maximum absolute atomic E-state index is 5.97. The van der Waals surface area contributed by atoms with Crippen molar-refractivity contribution in [3.63, 3.8) is 0 Å². The van der Waals surface area contributed by atoms with E-state index in [-0.39, 0.29) is 0 Å². The van der Waals surface area contributed by atoms with E-state index in [2.05, 4.69) is 84.0 Å². The number of hydrogen-bond acceptors (Lipinski definition) is 5. The Morgan fingerprint density at radius 3 is 2.09 bits per heavy atom. The average molecular weight is 487 g/mol. The fraction of sp³-hybridized carbons (Fsp3) is 0.286. The number of aryl methyl sites for hydroxylation is 2. The van der Waals surface area contributed by atoms with E-state index in [0.717, 1.165) is 48.1 Å². The summed E-state index contributed by atoms with van der Waals surface area (Å²) < 4.78 is 15.7. The molecule has 0 N–H and O–H groups in total. The molecule has 1 aliphatic rings. The summed E-state index contributed by atoms with van der Waals surface area (Å²) in [6.45, 7) is 6.51. The van der Waals surface area contributed by atoms with Gasteiger partial charge in [-0.15, -0.1) is 5.10 Å². The molecular formula is C28H30N4O2S. The van der Waals surface area contributed by atoms with E-state index in [4.69, 9.17) is 26.8 Å². The molecule has 0 saturated carbocycles. The molecule has 2 heterocycles. The first-order chi connectivity index (χ1) is 17.0. The van der Waals surface area contributed by atoms with Crippen LogP contribution in [0.25, 0.3) is 17.1 Å². The second-order valence-electron chi connectivity index (χ2n) is 9.06. The average Bonchev–Trinajstić information content (AvgIpc) is 3.19. The SMILES string of the molecule is COc1cc2c(cc1OC)CN(Cn1nc(-c3ccc(C)cc3)n(-c3ccc(C)cc3)c1=S)CC2. The van der Waals surface area contributed by atoms with Gasteiger partial charge in [0, 0.05) is 24.3 Å². The first-order valence-electron chi connectivity index (χ1n) is 11.8. The van der Waals surface area contributed by atoms with E-state index in [1.54, 1.807) is 14.2 Å². The van der Waals surface area contributed by atoms with Crippen LogP contribution in [0.5, 0.6) is 11.5 Å². The predicted octanol–water partition coefficient (Wildman–Crippen LogP) is 5.72. The molecule has 0 atom stereocenters. The van der Waals surface area contributed by atoms with Crippen molar-refractivity contribution in [3.05, 3.63) is 87.7 Å². The number of hydrogen-bond donors (Lipinski definition) is 0. The van der Waals surface area contributed by atoms with Crippen LogP contribution in [0.3, 0.4) is 0 Å². The van der Waals surface area contributed by atoms with Gasteiger partial charge >= 0.3 is 0 Å². The van der Waals surface area contributed by atoms with Crippen LogP contribution in [0.2, 0.25) is 0 Å². The van der Waals surface area contributed by atoms with Gasteiger partial charge in [0.1, 0.15) is 0 Å². The molecule has 0 spiro atoms. The van der Waals surface area contributed by atoms with Crippen LogP contribution in [0.4, 0.5) is 0 Å². The molecule has 6 nitrogen and oxygen atoms in total. The van der Waals surface area contributed by atoms with Gasteiger partial charge in [-0.05, 0) is 67.9 Å². The maximum Gasteiger partial charge on any atom is 0.204 e. The Labute approximate surface area is 211 Å². The van der Waals surface area contributed by atoms with Crippen molar-refractivity contribution in [2.45, 2.75) is 33.5 Å². The highest BCUT2D eigenvalue weighted by Crippen LogP contribution is 2.33. The van der Waals surface area contributed by atoms with Crippen molar-refractivity contribution < 1.29 is 9.47 Å². The smallest absolute Gasteiger partial charge is 0.204 e. The molecule has 5 rings (SSSR count). The largest absolute Gasteiger partial charge is 0.493 e. The molecular weight excluding hydrogens is 456 g/mol. The van der Waals surface area contributed by atoms with E-state index < -0.39 is 0 Å². The van der Waals surface area contributed by atoms with Gasteiger partial charge < -0.3 is 9.47 Å². The molecule has 0 bridgehead atoms. The second-order valence-corrected chi connectivity index (χ2v) is 9.43. The quantitative estimate of drug-likeness (QED) is 0.326. The Bertz CT molecular complexity index is 1400. The first-order valence-corrected chi connectivity index (χ1v) is 12.2. The molecule has 3 aromatic carbocycles. The zero-order valence-electron chi connectivity index (χ0n) is 20.6. The maximum atomic E-state index is 5.97. The summed E-state index contributed by atoms with van der Waals surface area (Å²) in [5.41, 5.74) is 7.03. The van der Waals surface area contributed by atoms with Crippen LogP contribution >= 0.6 is 12.2 Å². The summed E-state index contributed by atoms with van der Waals surface area (Å²) >= 11 is 5.97. The van der Waals surface area contributed by atoms with E-state index in [9.17, 15) is 0 Å². The van der Waals surface area contributed by atoms with Gasteiger partial charge in [0.15, 0.2) is 17.3 Å². The highest BCUT2D eigenvalue weighted by atomic mass is 32.1. The lowest BCUT2D eigenvalue weighted by Crippen LogP contribution is -2.32. The van der Waals surface area contributed by atoms with E-state index in [1.807, 2.05) is 4.68 Å². The van der Waals surface area contributed by atoms with Crippen molar-refractivity contribution in [3.8, 4) is 28.6 Å². The van der Waals surface area contributed by atoms with E-state index in [0.29, 0.717) is 11.4 Å². The Morgan fingerprint density at radius 2 is 1.46 bits per heavy atom. The fourth-order valence-electron chi connectivity index (χ4n) is 4.57. The van der Waals surface area contributed by atoms with Crippen molar-refractivity contribution >= 4 is 12.2 Å². The van der Waals surface area contributed by atoms with Gasteiger partial charge in [0.2, 0.25) is 4.77 Å². The molecule has 0 unspecified atom stereocenters. The van der Waals surface area contributed by atoms with Crippen molar-refractivity contribution in [2.75, 3.05) is 20.8 Å². The molecule has 1 aromatic heterocycles. The summed E-state index contributed by atoms with van der Waals surface area (Å²) in [5.74, 6) is 2.39. The Hall–Kier alpha value is -3.42. The normalized spacial score (nSPS) is 13.5. The zero-order valence-corrected chi connectivity index (χ0v) is 21.4. The number of benzene rings is 3. The highest BCUT2D eigenvalue weighted by Gasteiger charge is 2.22. The van der Waals surface area contributed by atoms with Crippen molar-refractivity contribution in [1.29, 1.82) is 0 Å². The fourth-order valence-corrected chi connectivity index (χ4v) is 4.86. The first kappa shape index (κ1) is 23.3. The minimum absolute atomic E-state index is 0.615. The predicted molar refractivity (Wildman–Crippen MR) is 141 cm³/mol. The van der Waals surface area contributed by atoms with Gasteiger partial charge in [-0.3, -0.25) is 9.47 Å². The number of methoxy groups -OCH3 is 2. The van der Waals surface area contributed by atoms with Gasteiger partial charge in [-0.2, -0.15) is 0 Å². The Morgan fingerprint density at radius 1 is 0.857 bits per heavy atom. The molecule has 0 amide bonds. The summed E-state index contributed by atoms with van der Waals surface area (Å²) in [5, 5.41) is 5.01. The van der Waals surface area contributed by atoms with Crippen molar-refractivity contribution in [2.24, 2.45) is 0 Å². The van der Waals surface area contributed by atoms with Gasteiger partial charge in [-0.25, -0.2) is 4.68 Å². The third-order valence-electron chi connectivity index (χ3n) is 6.57. The summed E-state index contributed by atoms with van der Waals surface area (Å²) in [6.07, 6.45) is 0.937. The molecule has 0 fully saturated rings. The van der Waals surface area contributed by atoms with Crippen LogP contribution in [0.1, 0.15) is 22.3 Å². The van der Waals surface area contributed by atoms with Gasteiger partial charge in [0.05, 0.1) is 20.9 Å². The number of rotatable bonds is 6. The number of nitrogens with zero attached hydrogens (tertiary/aromatic N) is 4. The lowest BCUT2D eigenvalue weighted by Gasteiger charge is -2.29. The molecule has 1 aliphatic heterocycles. The van der Waals surface area contributed by atoms with E-state index in [1.165, 1.54) is 22.3 Å². The molecule has 4 aromatic rings. The highest BCUT2D eigenvalue weighted by molar-refractivity contribution is 7.71. The molecule has 7 heteroatoms. The summed E-state index contributed by atoms with van der Waals surface area (Å²) in [7, 11) is 3.35. The molecule has 0 saturated heterocycles. The van der Waals surface area contributed by atoms with Crippen LogP contribution in [-0.2, 0) is 19.6 Å². The number of aromatic nitrogens is 3. The van der Waals surface area contributed by atoms with Gasteiger partial charge in [-0.1, -0.05) is 47.5 Å². The second kappa shape index (κ2) is 9.68. The van der Waals surface area contributed by atoms with Crippen LogP contribution in [0.15, 0.2) is 60.7 Å². The van der Waals surface area contributed by atoms with Crippen LogP contribution in [0, 0.1) is 18.6 Å². The molecule has 0 aliphatic carbocycles. The standard InChI is InChI=1S/C28H30N4O2S/c1-19-5-9-21(10-6-19)27-29-31(28(35)32(27)24-11-7-20(2)8-12-24)18-30-14-13-22-15-25(33-3)26(34-4)16-23(22)17-30/h5-12,15-16H,13-14,17-18H2,1-4H3. The summed E-state index contributed by atoms with van der Waals surface area (Å²) in [6, 6.07) is 21.0. The monoisotopic (exact) mass is 486 g/mol. The minimum atomic E-state index is 0.615. The number of ether oxygens (including phenoxy) is 2. The molecule has 180 valence electrons. The zero-order chi connectivity index (χ0) is 24.5. The lowest BCUT2D eigenvalue weighted by molar-refractivity contribution is 0.187. The van der Waals surface area contributed by atoms with Crippen LogP contribution < -0.4 is 9.47 Å². The third kappa shape index (κ3) is 4.61. The third-order valence-corrected chi connectivity index (χ3v) is 6.97. The minimum Gasteiger partial charge on any atom is -0.493 e. The molecule has 35 heavy (non-hydrogen) atoms. The number of fused-ring (bicyclic) bond motifs is 1. The summed E-state index contributed by atoms with van der Waals surface area (Å²) in [4.78, 5) is 2.37. The van der Waals surface area contributed by atoms with Crippen LogP contribution in [-0.4, -0.2) is 40.0 Å². The van der Waals surface area contributed by atoms with E-state index >= 15 is 0 Å². The van der Waals surface area contributed by atoms with Crippen molar-refractivity contribution in [1.82, 2.24) is 19.2 Å². The topological polar surface area (TPSA) is 44.5 Å². The lowest BCUT2D eigenvalue weighted by atomic mass is 9.99. The Kier molecular flexibility index (Phi) is 6.45. The molecule has 0 radical (unpaired) electrons. The Balaban J connectivity index is 1.50.